The van der Waals surface area contributed by atoms with E-state index in [1.54, 1.807) is 6.08 Å². The van der Waals surface area contributed by atoms with Crippen LogP contribution in [0.25, 0.3) is 0 Å². The van der Waals surface area contributed by atoms with Crippen molar-refractivity contribution in [2.45, 2.75) is 338 Å². The Labute approximate surface area is 528 Å². The van der Waals surface area contributed by atoms with Gasteiger partial charge in [0, 0.05) is 6.42 Å². The van der Waals surface area contributed by atoms with Crippen LogP contribution in [-0.4, -0.2) is 140 Å². The molecule has 14 heteroatoms. The van der Waals surface area contributed by atoms with Crippen LogP contribution in [0.5, 0.6) is 0 Å². The third kappa shape index (κ3) is 41.1. The molecule has 2 aliphatic heterocycles. The fraction of sp³-hybridized carbons (Fsp3) is 0.767. The summed E-state index contributed by atoms with van der Waals surface area (Å²) in [7, 11) is 0. The fourth-order valence-electron chi connectivity index (χ4n) is 11.0. The molecule has 0 spiro atoms. The highest BCUT2D eigenvalue weighted by Gasteiger charge is 2.51. The summed E-state index contributed by atoms with van der Waals surface area (Å²) in [6.45, 7) is 2.70. The lowest BCUT2D eigenvalue weighted by Gasteiger charge is -2.46. The van der Waals surface area contributed by atoms with Gasteiger partial charge in [0.1, 0.15) is 48.8 Å². The number of amides is 1. The van der Waals surface area contributed by atoms with E-state index >= 15 is 0 Å². The highest BCUT2D eigenvalue weighted by atomic mass is 16.7. The molecular formula is C73H127NO13. The van der Waals surface area contributed by atoms with Crippen LogP contribution in [0.4, 0.5) is 0 Å². The largest absolute Gasteiger partial charge is 0.394 e. The van der Waals surface area contributed by atoms with Gasteiger partial charge in [0.05, 0.1) is 32.0 Å². The van der Waals surface area contributed by atoms with E-state index in [4.69, 9.17) is 18.9 Å². The predicted molar refractivity (Wildman–Crippen MR) is 355 cm³/mol. The zero-order valence-electron chi connectivity index (χ0n) is 54.5. The molecule has 2 saturated heterocycles. The molecule has 12 unspecified atom stereocenters. The molecule has 0 aromatic rings. The average molecular weight is 1230 g/mol. The van der Waals surface area contributed by atoms with Crippen molar-refractivity contribution in [1.29, 1.82) is 0 Å². The molecule has 2 fully saturated rings. The molecule has 87 heavy (non-hydrogen) atoms. The second kappa shape index (κ2) is 56.9. The zero-order chi connectivity index (χ0) is 63.1. The first-order chi connectivity index (χ1) is 42.6. The molecule has 14 nitrogen and oxygen atoms in total. The molecule has 2 aliphatic rings. The maximum Gasteiger partial charge on any atom is 0.220 e. The van der Waals surface area contributed by atoms with E-state index in [-0.39, 0.29) is 18.9 Å². The van der Waals surface area contributed by atoms with Gasteiger partial charge in [-0.2, -0.15) is 0 Å². The van der Waals surface area contributed by atoms with Crippen molar-refractivity contribution in [2.24, 2.45) is 0 Å². The van der Waals surface area contributed by atoms with Crippen molar-refractivity contribution < 1.29 is 64.6 Å². The lowest BCUT2D eigenvalue weighted by molar-refractivity contribution is -0.359. The maximum absolute atomic E-state index is 13.3. The number of hydrogen-bond donors (Lipinski definition) is 9. The molecule has 0 saturated carbocycles. The molecule has 0 aliphatic carbocycles. The van der Waals surface area contributed by atoms with Gasteiger partial charge < -0.3 is 65.1 Å². The standard InChI is InChI=1S/C73H127NO13/c1-3-5-7-9-11-13-15-17-19-21-23-24-25-26-27-28-29-30-31-32-33-34-35-36-37-38-39-41-43-45-47-49-51-53-55-57-65(78)74-61(62(77)56-54-52-50-48-46-44-42-40-22-20-18-16-14-12-10-8-6-4-2)60-84-72-70(83)68(81)71(64(59-76)86-72)87-73-69(82)67(80)66(79)63(58-75)85-73/h5,7,11,13,17,19,23-24,26-27,29-30,32-33,54,56,61-64,66-73,75-77,79-83H,3-4,6,8-10,12,14-16,18,20-22,25,28,31,34-53,55,57-60H2,1-2H3,(H,74,78)/b7-5-,13-11-,19-17-,24-23-,27-26-,30-29-,33-32-,56-54+. The number of hydrogen-bond acceptors (Lipinski definition) is 13. The highest BCUT2D eigenvalue weighted by Crippen LogP contribution is 2.30. The Morgan fingerprint density at radius 1 is 0.425 bits per heavy atom. The minimum Gasteiger partial charge on any atom is -0.394 e. The molecule has 0 aromatic heterocycles. The summed E-state index contributed by atoms with van der Waals surface area (Å²) >= 11 is 0. The Morgan fingerprint density at radius 2 is 0.793 bits per heavy atom. The number of allylic oxidation sites excluding steroid dienone is 15. The monoisotopic (exact) mass is 1230 g/mol. The van der Waals surface area contributed by atoms with Gasteiger partial charge in [-0.05, 0) is 77.0 Å². The van der Waals surface area contributed by atoms with Crippen molar-refractivity contribution >= 4 is 5.91 Å². The van der Waals surface area contributed by atoms with Crippen LogP contribution in [0, 0.1) is 0 Å². The van der Waals surface area contributed by atoms with Gasteiger partial charge in [-0.1, -0.05) is 278 Å². The SMILES string of the molecule is CC/C=C\C/C=C\C/C=C\C/C=C\C/C=C\C/C=C\C/C=C\CCCCCCCCCCCCCCCC(=O)NC(COC1OC(CO)C(OC2OC(CO)C(O)C(O)C2O)C(O)C1O)C(O)/C=C/CCCCCCCCCCCCCCCCCC. The second-order valence-corrected chi connectivity index (χ2v) is 24.3. The number of ether oxygens (including phenoxy) is 4. The van der Waals surface area contributed by atoms with E-state index in [0.29, 0.717) is 6.42 Å². The fourth-order valence-corrected chi connectivity index (χ4v) is 11.0. The van der Waals surface area contributed by atoms with E-state index in [9.17, 15) is 45.6 Å². The van der Waals surface area contributed by atoms with Gasteiger partial charge in [0.25, 0.3) is 0 Å². The first-order valence-electron chi connectivity index (χ1n) is 35.0. The Balaban J connectivity index is 1.65. The number of aliphatic hydroxyl groups excluding tert-OH is 8. The molecule has 1 amide bonds. The Morgan fingerprint density at radius 3 is 1.22 bits per heavy atom. The molecule has 0 bridgehead atoms. The molecule has 2 rings (SSSR count). The van der Waals surface area contributed by atoms with Gasteiger partial charge in [0.15, 0.2) is 12.6 Å². The summed E-state index contributed by atoms with van der Waals surface area (Å²) in [5.74, 6) is -0.242. The molecule has 0 radical (unpaired) electrons. The summed E-state index contributed by atoms with van der Waals surface area (Å²) in [5.41, 5.74) is 0. The molecule has 502 valence electrons. The van der Waals surface area contributed by atoms with E-state index in [0.717, 1.165) is 89.9 Å². The minimum atomic E-state index is -1.79. The first kappa shape index (κ1) is 80.0. The van der Waals surface area contributed by atoms with E-state index < -0.39 is 86.8 Å². The molecule has 12 atom stereocenters. The maximum atomic E-state index is 13.3. The van der Waals surface area contributed by atoms with Crippen molar-refractivity contribution in [3.63, 3.8) is 0 Å². The number of carbonyl (C=O) groups excluding carboxylic acids is 1. The lowest BCUT2D eigenvalue weighted by atomic mass is 9.97. The third-order valence-corrected chi connectivity index (χ3v) is 16.5. The van der Waals surface area contributed by atoms with Crippen molar-refractivity contribution in [2.75, 3.05) is 19.8 Å². The molecule has 0 aromatic carbocycles. The number of rotatable bonds is 56. The van der Waals surface area contributed by atoms with Crippen molar-refractivity contribution in [1.82, 2.24) is 5.32 Å². The van der Waals surface area contributed by atoms with Gasteiger partial charge >= 0.3 is 0 Å². The van der Waals surface area contributed by atoms with Gasteiger partial charge in [-0.3, -0.25) is 4.79 Å². The summed E-state index contributed by atoms with van der Waals surface area (Å²) < 4.78 is 22.8. The minimum absolute atomic E-state index is 0.242. The summed E-state index contributed by atoms with van der Waals surface area (Å²) in [6, 6.07) is -0.921. The predicted octanol–water partition coefficient (Wildman–Crippen LogP) is 14.2. The normalized spacial score (nSPS) is 23.9. The van der Waals surface area contributed by atoms with Gasteiger partial charge in [-0.25, -0.2) is 0 Å². The highest BCUT2D eigenvalue weighted by molar-refractivity contribution is 5.76. The van der Waals surface area contributed by atoms with Crippen molar-refractivity contribution in [3.05, 3.63) is 97.2 Å². The number of unbranched alkanes of at least 4 members (excludes halogenated alkanes) is 29. The van der Waals surface area contributed by atoms with Crippen LogP contribution in [0.3, 0.4) is 0 Å². The summed E-state index contributed by atoms with van der Waals surface area (Å²) in [6.07, 6.45) is 63.1. The van der Waals surface area contributed by atoms with Crippen LogP contribution in [0.2, 0.25) is 0 Å². The Kier molecular flexibility index (Phi) is 52.3. The van der Waals surface area contributed by atoms with Crippen LogP contribution in [0.15, 0.2) is 97.2 Å². The van der Waals surface area contributed by atoms with E-state index in [1.165, 1.54) is 148 Å². The number of nitrogens with one attached hydrogen (secondary N) is 1. The van der Waals surface area contributed by atoms with E-state index in [1.807, 2.05) is 6.08 Å². The van der Waals surface area contributed by atoms with Crippen LogP contribution >= 0.6 is 0 Å². The smallest absolute Gasteiger partial charge is 0.220 e. The van der Waals surface area contributed by atoms with Crippen LogP contribution < -0.4 is 5.32 Å². The van der Waals surface area contributed by atoms with Gasteiger partial charge in [0.2, 0.25) is 5.91 Å². The van der Waals surface area contributed by atoms with Crippen molar-refractivity contribution in [3.8, 4) is 0 Å². The zero-order valence-corrected chi connectivity index (χ0v) is 54.5. The quantitative estimate of drug-likeness (QED) is 0.0204. The summed E-state index contributed by atoms with van der Waals surface area (Å²) in [4.78, 5) is 13.3. The second-order valence-electron chi connectivity index (χ2n) is 24.3. The molecule has 9 N–H and O–H groups in total. The Hall–Kier alpha value is -3.09. The Bertz CT molecular complexity index is 1830. The first-order valence-corrected chi connectivity index (χ1v) is 35.0. The molecule has 2 heterocycles. The molecular weight excluding hydrogens is 1100 g/mol. The van der Waals surface area contributed by atoms with E-state index in [2.05, 4.69) is 104 Å². The topological polar surface area (TPSA) is 228 Å². The number of carbonyl (C=O) groups is 1. The lowest BCUT2D eigenvalue weighted by Crippen LogP contribution is -2.65. The van der Waals surface area contributed by atoms with Crippen LogP contribution in [0.1, 0.15) is 264 Å². The number of aliphatic hydroxyl groups is 8. The van der Waals surface area contributed by atoms with Crippen LogP contribution in [-0.2, 0) is 23.7 Å². The third-order valence-electron chi connectivity index (χ3n) is 16.5. The summed E-state index contributed by atoms with van der Waals surface area (Å²) in [5, 5.41) is 87.4. The van der Waals surface area contributed by atoms with Gasteiger partial charge in [-0.15, -0.1) is 0 Å². The average Bonchev–Trinajstić information content (AvgIpc) is 3.71.